The molecule has 8 amide bonds. The molecule has 4 aromatic rings. The number of rotatable bonds is 24. The maximum atomic E-state index is 13.9. The Balaban J connectivity index is 1.40. The number of urea groups is 1. The van der Waals surface area contributed by atoms with E-state index in [0.29, 0.717) is 24.9 Å². The number of nitrogens with two attached hydrogens (primary N) is 2. The predicted octanol–water partition coefficient (Wildman–Crippen LogP) is 0.0621. The molecule has 14 N–H and O–H groups in total. The molecule has 0 saturated carbocycles. The minimum absolute atomic E-state index is 0.0224. The van der Waals surface area contributed by atoms with Crippen molar-refractivity contribution in [2.75, 3.05) is 20.2 Å². The van der Waals surface area contributed by atoms with E-state index >= 15 is 0 Å². The van der Waals surface area contributed by atoms with E-state index < -0.39 is 78.3 Å². The van der Waals surface area contributed by atoms with E-state index in [0.717, 1.165) is 22.0 Å². The van der Waals surface area contributed by atoms with Gasteiger partial charge in [-0.25, -0.2) is 10.2 Å². The van der Waals surface area contributed by atoms with Gasteiger partial charge in [0.2, 0.25) is 29.5 Å². The quantitative estimate of drug-likeness (QED) is 0.0194. The van der Waals surface area contributed by atoms with E-state index in [1.807, 2.05) is 50.4 Å². The zero-order chi connectivity index (χ0) is 48.0. The SMILES string of the molecule is CN=C(N)NCCC[C@H](NC(=O)[C@H](CC(C)C)NC(=O)NNC(=O)[C@H](Cc1ccccc1)NC(=O)[C@H](CO)NC(=O)CCc1c[nH]c2ccccc12)C(=O)N[C@@H](Cc1ccccc1)C(N)=O. The van der Waals surface area contributed by atoms with Crippen LogP contribution in [0.2, 0.25) is 0 Å². The summed E-state index contributed by atoms with van der Waals surface area (Å²) in [5.41, 5.74) is 19.1. The van der Waals surface area contributed by atoms with Crippen molar-refractivity contribution in [1.29, 1.82) is 0 Å². The van der Waals surface area contributed by atoms with E-state index in [1.54, 1.807) is 54.6 Å². The van der Waals surface area contributed by atoms with E-state index in [9.17, 15) is 38.7 Å². The van der Waals surface area contributed by atoms with E-state index in [4.69, 9.17) is 11.5 Å². The van der Waals surface area contributed by atoms with Crippen molar-refractivity contribution in [3.63, 3.8) is 0 Å². The number of guanidine groups is 1. The van der Waals surface area contributed by atoms with Crippen LogP contribution in [0.25, 0.3) is 10.9 Å². The van der Waals surface area contributed by atoms with Crippen LogP contribution in [-0.4, -0.2) is 108 Å². The van der Waals surface area contributed by atoms with Crippen molar-refractivity contribution in [1.82, 2.24) is 47.7 Å². The van der Waals surface area contributed by atoms with Crippen LogP contribution >= 0.6 is 0 Å². The summed E-state index contributed by atoms with van der Waals surface area (Å²) in [6, 6.07) is 18.1. The molecule has 0 bridgehead atoms. The second-order valence-corrected chi connectivity index (χ2v) is 16.1. The lowest BCUT2D eigenvalue weighted by Gasteiger charge is -2.26. The highest BCUT2D eigenvalue weighted by molar-refractivity contribution is 5.95. The molecule has 0 aliphatic carbocycles. The van der Waals surface area contributed by atoms with Crippen LogP contribution in [0.5, 0.6) is 0 Å². The average molecular weight is 911 g/mol. The van der Waals surface area contributed by atoms with Gasteiger partial charge in [0.25, 0.3) is 5.91 Å². The highest BCUT2D eigenvalue weighted by Crippen LogP contribution is 2.19. The Kier molecular flexibility index (Phi) is 20.4. The summed E-state index contributed by atoms with van der Waals surface area (Å²) in [7, 11) is 1.51. The Labute approximate surface area is 383 Å². The number of nitrogens with zero attached hydrogens (tertiary/aromatic N) is 1. The Bertz CT molecular complexity index is 2270. The Morgan fingerprint density at radius 1 is 0.667 bits per heavy atom. The molecule has 354 valence electrons. The molecule has 5 atom stereocenters. The van der Waals surface area contributed by atoms with Crippen molar-refractivity contribution in [2.45, 2.75) is 89.0 Å². The van der Waals surface area contributed by atoms with Crippen LogP contribution < -0.4 is 54.2 Å². The molecule has 0 radical (unpaired) electrons. The lowest BCUT2D eigenvalue weighted by molar-refractivity contribution is -0.133. The number of carbonyl (C=O) groups excluding carboxylic acids is 7. The molecule has 0 spiro atoms. The number of hydrazine groups is 1. The number of fused-ring (bicyclic) bond motifs is 1. The number of primary amides is 1. The van der Waals surface area contributed by atoms with Gasteiger partial charge in [0.05, 0.1) is 6.61 Å². The number of aromatic nitrogens is 1. The van der Waals surface area contributed by atoms with Crippen molar-refractivity contribution >= 4 is 58.3 Å². The molecule has 0 saturated heterocycles. The number of aliphatic hydroxyl groups excluding tert-OH is 1. The minimum Gasteiger partial charge on any atom is -0.394 e. The molecular formula is C46H62N12O8. The van der Waals surface area contributed by atoms with Gasteiger partial charge < -0.3 is 53.5 Å². The smallest absolute Gasteiger partial charge is 0.334 e. The van der Waals surface area contributed by atoms with Crippen LogP contribution in [0.3, 0.4) is 0 Å². The van der Waals surface area contributed by atoms with E-state index in [2.05, 4.69) is 52.7 Å². The molecule has 0 fully saturated rings. The average Bonchev–Trinajstić information content (AvgIpc) is 3.72. The zero-order valence-electron chi connectivity index (χ0n) is 37.4. The molecule has 0 aliphatic rings. The summed E-state index contributed by atoms with van der Waals surface area (Å²) in [5, 5.41) is 26.9. The fraction of sp³-hybridized carbons (Fsp3) is 0.391. The van der Waals surface area contributed by atoms with Crippen LogP contribution in [0.1, 0.15) is 56.2 Å². The van der Waals surface area contributed by atoms with Crippen molar-refractivity contribution < 1.29 is 38.7 Å². The molecular weight excluding hydrogens is 849 g/mol. The first-order valence-corrected chi connectivity index (χ1v) is 21.7. The first kappa shape index (κ1) is 51.2. The monoisotopic (exact) mass is 910 g/mol. The van der Waals surface area contributed by atoms with Crippen LogP contribution in [0.4, 0.5) is 4.79 Å². The van der Waals surface area contributed by atoms with Crippen molar-refractivity contribution in [3.8, 4) is 0 Å². The third-order valence-electron chi connectivity index (χ3n) is 10.5. The van der Waals surface area contributed by atoms with Gasteiger partial charge in [0.1, 0.15) is 30.2 Å². The molecule has 3 aromatic carbocycles. The van der Waals surface area contributed by atoms with Crippen LogP contribution in [0, 0.1) is 5.92 Å². The molecule has 1 aromatic heterocycles. The minimum atomic E-state index is -1.39. The maximum Gasteiger partial charge on any atom is 0.334 e. The number of aliphatic imine (C=N–C) groups is 1. The van der Waals surface area contributed by atoms with Gasteiger partial charge in [0.15, 0.2) is 5.96 Å². The molecule has 4 rings (SSSR count). The lowest BCUT2D eigenvalue weighted by atomic mass is 10.0. The van der Waals surface area contributed by atoms with Crippen molar-refractivity contribution in [3.05, 3.63) is 108 Å². The number of carbonyl (C=O) groups is 7. The Morgan fingerprint density at radius 2 is 1.24 bits per heavy atom. The number of aryl methyl sites for hydroxylation is 1. The summed E-state index contributed by atoms with van der Waals surface area (Å²) in [4.78, 5) is 100. The predicted molar refractivity (Wildman–Crippen MR) is 249 cm³/mol. The topological polar surface area (TPSA) is 316 Å². The summed E-state index contributed by atoms with van der Waals surface area (Å²) in [6.07, 6.45) is 2.82. The number of hydrogen-bond donors (Lipinski definition) is 12. The number of hydrogen-bond acceptors (Lipinski definition) is 9. The summed E-state index contributed by atoms with van der Waals surface area (Å²) in [6.45, 7) is 3.18. The normalized spacial score (nSPS) is 13.6. The lowest BCUT2D eigenvalue weighted by Crippen LogP contribution is -2.60. The first-order chi connectivity index (χ1) is 31.7. The van der Waals surface area contributed by atoms with Crippen LogP contribution in [-0.2, 0) is 48.0 Å². The summed E-state index contributed by atoms with van der Waals surface area (Å²) >= 11 is 0. The number of aliphatic hydroxyl groups is 1. The number of nitrogens with one attached hydrogen (secondary N) is 9. The van der Waals surface area contributed by atoms with Gasteiger partial charge in [-0.1, -0.05) is 92.7 Å². The third kappa shape index (κ3) is 16.9. The molecule has 20 nitrogen and oxygen atoms in total. The van der Waals surface area contributed by atoms with Gasteiger partial charge in [0, 0.05) is 50.0 Å². The van der Waals surface area contributed by atoms with Gasteiger partial charge in [-0.05, 0) is 54.4 Å². The highest BCUT2D eigenvalue weighted by Gasteiger charge is 2.31. The number of H-pyrrole nitrogens is 1. The highest BCUT2D eigenvalue weighted by atomic mass is 16.3. The fourth-order valence-corrected chi connectivity index (χ4v) is 6.97. The molecule has 0 unspecified atom stereocenters. The van der Waals surface area contributed by atoms with Crippen LogP contribution in [0.15, 0.2) is 96.1 Å². The molecule has 20 heteroatoms. The van der Waals surface area contributed by atoms with E-state index in [1.165, 1.54) is 7.05 Å². The summed E-state index contributed by atoms with van der Waals surface area (Å²) < 4.78 is 0. The number of benzene rings is 3. The van der Waals surface area contributed by atoms with E-state index in [-0.39, 0.29) is 44.0 Å². The number of amides is 8. The second kappa shape index (κ2) is 26.3. The zero-order valence-corrected chi connectivity index (χ0v) is 37.4. The largest absolute Gasteiger partial charge is 0.394 e. The van der Waals surface area contributed by atoms with Gasteiger partial charge in [-0.15, -0.1) is 0 Å². The summed E-state index contributed by atoms with van der Waals surface area (Å²) in [5.74, 6) is -4.32. The molecule has 66 heavy (non-hydrogen) atoms. The van der Waals surface area contributed by atoms with Gasteiger partial charge in [-0.2, -0.15) is 0 Å². The van der Waals surface area contributed by atoms with Gasteiger partial charge in [-0.3, -0.25) is 39.2 Å². The second-order valence-electron chi connectivity index (χ2n) is 16.1. The Hall–Kier alpha value is -7.48. The number of aromatic amines is 1. The van der Waals surface area contributed by atoms with Crippen molar-refractivity contribution in [2.24, 2.45) is 22.4 Å². The fourth-order valence-electron chi connectivity index (χ4n) is 6.97. The Morgan fingerprint density at radius 3 is 1.86 bits per heavy atom. The molecule has 0 aliphatic heterocycles. The first-order valence-electron chi connectivity index (χ1n) is 21.7. The molecule has 1 heterocycles. The maximum absolute atomic E-state index is 13.9. The van der Waals surface area contributed by atoms with Gasteiger partial charge >= 0.3 is 6.03 Å². The number of para-hydroxylation sites is 1. The standard InChI is InChI=1S/C46H62N12O8/c1-28(2)23-36(42(63)53-34(19-12-22-50-45(48)49-3)41(62)54-35(40(47)61)24-29-13-6-4-7-14-29)56-46(66)58-57-44(65)37(25-30-15-8-5-9-16-30)55-43(64)38(27-59)52-39(60)21-20-31-26-51-33-18-11-10-17-32(31)33/h4-11,13-18,26,28,34-38,51,59H,12,19-25,27H2,1-3H3,(H2,47,61)(H,52,60)(H,53,63)(H,54,62)(H,55,64)(H,57,65)(H3,48,49,50)(H2,56,58,66)/t34-,35-,36-,37-,38-/m0/s1. The third-order valence-corrected chi connectivity index (χ3v) is 10.5.